The van der Waals surface area contributed by atoms with Gasteiger partial charge in [0, 0.05) is 19.1 Å². The predicted molar refractivity (Wildman–Crippen MR) is 77.4 cm³/mol. The van der Waals surface area contributed by atoms with Gasteiger partial charge < -0.3 is 10.1 Å². The molecular formula is C16H24N2O. The molecule has 2 saturated heterocycles. The second-order valence-corrected chi connectivity index (χ2v) is 5.81. The lowest BCUT2D eigenvalue weighted by Crippen LogP contribution is -2.28. The first-order valence-corrected chi connectivity index (χ1v) is 7.45. The van der Waals surface area contributed by atoms with E-state index >= 15 is 0 Å². The minimum Gasteiger partial charge on any atom is -0.494 e. The van der Waals surface area contributed by atoms with Crippen molar-refractivity contribution in [1.29, 1.82) is 0 Å². The molecule has 3 atom stereocenters. The third kappa shape index (κ3) is 2.63. The summed E-state index contributed by atoms with van der Waals surface area (Å²) >= 11 is 0. The van der Waals surface area contributed by atoms with Gasteiger partial charge in [0.1, 0.15) is 5.75 Å². The van der Waals surface area contributed by atoms with Crippen LogP contribution in [0.15, 0.2) is 24.3 Å². The van der Waals surface area contributed by atoms with E-state index in [9.17, 15) is 0 Å². The van der Waals surface area contributed by atoms with Gasteiger partial charge in [-0.1, -0.05) is 12.1 Å². The number of likely N-dealkylation sites (tertiary alicyclic amines) is 1. The molecule has 19 heavy (non-hydrogen) atoms. The first kappa shape index (κ1) is 12.9. The van der Waals surface area contributed by atoms with Crippen molar-refractivity contribution in [3.8, 4) is 5.75 Å². The highest BCUT2D eigenvalue weighted by Crippen LogP contribution is 2.33. The number of rotatable bonds is 4. The highest BCUT2D eigenvalue weighted by Gasteiger charge is 2.37. The van der Waals surface area contributed by atoms with E-state index in [1.807, 2.05) is 6.92 Å². The molecule has 2 fully saturated rings. The van der Waals surface area contributed by atoms with Crippen molar-refractivity contribution in [3.05, 3.63) is 29.8 Å². The zero-order chi connectivity index (χ0) is 13.2. The normalized spacial score (nSPS) is 28.3. The number of nitrogens with one attached hydrogen (secondary N) is 1. The molecular weight excluding hydrogens is 236 g/mol. The predicted octanol–water partition coefficient (Wildman–Crippen LogP) is 2.30. The van der Waals surface area contributed by atoms with Crippen LogP contribution >= 0.6 is 0 Å². The fraction of sp³-hybridized carbons (Fsp3) is 0.625. The monoisotopic (exact) mass is 260 g/mol. The van der Waals surface area contributed by atoms with E-state index in [-0.39, 0.29) is 0 Å². The summed E-state index contributed by atoms with van der Waals surface area (Å²) in [5, 5.41) is 3.50. The number of benzene rings is 1. The van der Waals surface area contributed by atoms with Crippen molar-refractivity contribution in [1.82, 2.24) is 10.2 Å². The topological polar surface area (TPSA) is 24.5 Å². The summed E-state index contributed by atoms with van der Waals surface area (Å²) in [6.07, 6.45) is 0. The molecule has 3 heteroatoms. The van der Waals surface area contributed by atoms with Crippen LogP contribution in [0.25, 0.3) is 0 Å². The lowest BCUT2D eigenvalue weighted by Gasteiger charge is -2.25. The van der Waals surface area contributed by atoms with Crippen molar-refractivity contribution in [2.45, 2.75) is 19.9 Å². The number of fused-ring (bicyclic) bond motifs is 1. The smallest absolute Gasteiger partial charge is 0.119 e. The van der Waals surface area contributed by atoms with E-state index in [4.69, 9.17) is 4.74 Å². The zero-order valence-electron chi connectivity index (χ0n) is 11.9. The van der Waals surface area contributed by atoms with Crippen molar-refractivity contribution < 1.29 is 4.74 Å². The fourth-order valence-electron chi connectivity index (χ4n) is 3.43. The largest absolute Gasteiger partial charge is 0.494 e. The van der Waals surface area contributed by atoms with E-state index in [0.29, 0.717) is 6.04 Å². The number of nitrogens with zero attached hydrogens (tertiary/aromatic N) is 1. The maximum atomic E-state index is 5.50. The first-order chi connectivity index (χ1) is 9.28. The van der Waals surface area contributed by atoms with Gasteiger partial charge >= 0.3 is 0 Å². The Morgan fingerprint density at radius 1 is 1.21 bits per heavy atom. The Morgan fingerprint density at radius 2 is 1.84 bits per heavy atom. The molecule has 0 saturated carbocycles. The molecule has 3 nitrogen and oxygen atoms in total. The molecule has 0 aliphatic carbocycles. The van der Waals surface area contributed by atoms with Crippen LogP contribution in [0.3, 0.4) is 0 Å². The SMILES string of the molecule is CCOc1ccc(C(C)N2CC3CNCC3C2)cc1. The average Bonchev–Trinajstić information content (AvgIpc) is 3.00. The summed E-state index contributed by atoms with van der Waals surface area (Å²) in [4.78, 5) is 2.63. The van der Waals surface area contributed by atoms with E-state index < -0.39 is 0 Å². The molecule has 3 rings (SSSR count). The average molecular weight is 260 g/mol. The van der Waals surface area contributed by atoms with Crippen LogP contribution in [-0.2, 0) is 0 Å². The molecule has 2 aliphatic heterocycles. The summed E-state index contributed by atoms with van der Waals surface area (Å²) in [6.45, 7) is 9.97. The van der Waals surface area contributed by atoms with Crippen LogP contribution in [-0.4, -0.2) is 37.7 Å². The van der Waals surface area contributed by atoms with Crippen LogP contribution in [0, 0.1) is 11.8 Å². The Morgan fingerprint density at radius 3 is 2.42 bits per heavy atom. The molecule has 104 valence electrons. The van der Waals surface area contributed by atoms with Crippen LogP contribution < -0.4 is 10.1 Å². The van der Waals surface area contributed by atoms with Gasteiger partial charge in [-0.15, -0.1) is 0 Å². The Bertz CT molecular complexity index is 405. The minimum atomic E-state index is 0.515. The van der Waals surface area contributed by atoms with Crippen molar-refractivity contribution in [2.24, 2.45) is 11.8 Å². The maximum Gasteiger partial charge on any atom is 0.119 e. The molecule has 0 bridgehead atoms. The molecule has 3 unspecified atom stereocenters. The minimum absolute atomic E-state index is 0.515. The molecule has 0 spiro atoms. The quantitative estimate of drug-likeness (QED) is 0.899. The molecule has 0 aromatic heterocycles. The Balaban J connectivity index is 1.65. The summed E-state index contributed by atoms with van der Waals surface area (Å²) in [5.41, 5.74) is 1.40. The maximum absolute atomic E-state index is 5.50. The Hall–Kier alpha value is -1.06. The number of hydrogen-bond acceptors (Lipinski definition) is 3. The van der Waals surface area contributed by atoms with Crippen LogP contribution in [0.5, 0.6) is 5.75 Å². The summed E-state index contributed by atoms with van der Waals surface area (Å²) in [7, 11) is 0. The summed E-state index contributed by atoms with van der Waals surface area (Å²) in [6, 6.07) is 9.12. The molecule has 2 heterocycles. The van der Waals surface area contributed by atoms with Gasteiger partial charge in [0.05, 0.1) is 6.61 Å². The second-order valence-electron chi connectivity index (χ2n) is 5.81. The molecule has 0 amide bonds. The standard InChI is InChI=1S/C16H24N2O/c1-3-19-16-6-4-13(5-7-16)12(2)18-10-14-8-17-9-15(14)11-18/h4-7,12,14-15,17H,3,8-11H2,1-2H3. The third-order valence-electron chi connectivity index (χ3n) is 4.64. The fourth-order valence-corrected chi connectivity index (χ4v) is 3.43. The van der Waals surface area contributed by atoms with Gasteiger partial charge in [-0.2, -0.15) is 0 Å². The molecule has 2 aliphatic rings. The lowest BCUT2D eigenvalue weighted by atomic mass is 10.0. The third-order valence-corrected chi connectivity index (χ3v) is 4.64. The molecule has 0 radical (unpaired) electrons. The van der Waals surface area contributed by atoms with E-state index in [0.717, 1.165) is 24.2 Å². The lowest BCUT2D eigenvalue weighted by molar-refractivity contribution is 0.243. The van der Waals surface area contributed by atoms with Crippen LogP contribution in [0.1, 0.15) is 25.5 Å². The van der Waals surface area contributed by atoms with Crippen molar-refractivity contribution >= 4 is 0 Å². The number of hydrogen-bond donors (Lipinski definition) is 1. The molecule has 1 aromatic carbocycles. The van der Waals surface area contributed by atoms with Gasteiger partial charge in [0.15, 0.2) is 0 Å². The summed E-state index contributed by atoms with van der Waals surface area (Å²) in [5.74, 6) is 2.70. The number of ether oxygens (including phenoxy) is 1. The highest BCUT2D eigenvalue weighted by atomic mass is 16.5. The Kier molecular flexibility index (Phi) is 3.76. The van der Waals surface area contributed by atoms with E-state index in [1.54, 1.807) is 0 Å². The van der Waals surface area contributed by atoms with Gasteiger partial charge in [-0.05, 0) is 56.5 Å². The second kappa shape index (κ2) is 5.51. The molecule has 1 aromatic rings. The van der Waals surface area contributed by atoms with E-state index in [2.05, 4.69) is 41.4 Å². The Labute approximate surface area is 115 Å². The van der Waals surface area contributed by atoms with E-state index in [1.165, 1.54) is 31.7 Å². The van der Waals surface area contributed by atoms with Gasteiger partial charge in [-0.25, -0.2) is 0 Å². The highest BCUT2D eigenvalue weighted by molar-refractivity contribution is 5.29. The van der Waals surface area contributed by atoms with Gasteiger partial charge in [0.2, 0.25) is 0 Å². The van der Waals surface area contributed by atoms with Gasteiger partial charge in [0.25, 0.3) is 0 Å². The molecule has 1 N–H and O–H groups in total. The van der Waals surface area contributed by atoms with Crippen LogP contribution in [0.2, 0.25) is 0 Å². The first-order valence-electron chi connectivity index (χ1n) is 7.45. The zero-order valence-corrected chi connectivity index (χ0v) is 11.9. The van der Waals surface area contributed by atoms with Crippen molar-refractivity contribution in [2.75, 3.05) is 32.8 Å². The van der Waals surface area contributed by atoms with Crippen LogP contribution in [0.4, 0.5) is 0 Å². The summed E-state index contributed by atoms with van der Waals surface area (Å²) < 4.78 is 5.50. The van der Waals surface area contributed by atoms with Gasteiger partial charge in [-0.3, -0.25) is 4.90 Å². The van der Waals surface area contributed by atoms with Crippen molar-refractivity contribution in [3.63, 3.8) is 0 Å².